The number of carbonyl (C=O) groups is 1. The van der Waals surface area contributed by atoms with Crippen molar-refractivity contribution in [3.63, 3.8) is 0 Å². The lowest BCUT2D eigenvalue weighted by molar-refractivity contribution is -0.870. The van der Waals surface area contributed by atoms with Crippen LogP contribution in [0.5, 0.6) is 0 Å². The van der Waals surface area contributed by atoms with Gasteiger partial charge in [-0.25, -0.2) is 0 Å². The number of carbonyl (C=O) groups excluding carboxylic acids is 1. The number of hydrogen-bond donors (Lipinski definition) is 2. The molecule has 1 amide bonds. The number of hydrogen-bond acceptors (Lipinski definition) is 6. The van der Waals surface area contributed by atoms with Gasteiger partial charge in [-0.2, -0.15) is 0 Å². The van der Waals surface area contributed by atoms with Gasteiger partial charge in [-0.15, -0.1) is 0 Å². The Morgan fingerprint density at radius 1 is 0.895 bits per heavy atom. The summed E-state index contributed by atoms with van der Waals surface area (Å²) >= 11 is 0. The van der Waals surface area contributed by atoms with Crippen molar-refractivity contribution in [2.24, 2.45) is 0 Å². The highest BCUT2D eigenvalue weighted by Crippen LogP contribution is 2.38. The van der Waals surface area contributed by atoms with Crippen molar-refractivity contribution >= 4 is 13.7 Å². The highest BCUT2D eigenvalue weighted by molar-refractivity contribution is 7.45. The lowest BCUT2D eigenvalue weighted by atomic mass is 10.1. The smallest absolute Gasteiger partial charge is 0.268 e. The molecule has 0 heterocycles. The van der Waals surface area contributed by atoms with Gasteiger partial charge in [0.15, 0.2) is 0 Å². The predicted octanol–water partition coefficient (Wildman–Crippen LogP) is 5.43. The highest BCUT2D eigenvalue weighted by Gasteiger charge is 2.23. The second-order valence-electron chi connectivity index (χ2n) is 10.7. The number of likely N-dealkylation sites (N-methyl/N-ethyl adjacent to an activating group) is 1. The summed E-state index contributed by atoms with van der Waals surface area (Å²) in [5, 5.41) is 13.4. The first kappa shape index (κ1) is 36.7. The van der Waals surface area contributed by atoms with Crippen LogP contribution in [0.4, 0.5) is 0 Å². The average Bonchev–Trinajstić information content (AvgIpc) is 2.83. The lowest BCUT2D eigenvalue weighted by Gasteiger charge is -2.29. The zero-order valence-electron chi connectivity index (χ0n) is 24.6. The SMILES string of the molecule is CCC/C=C/CC/C=C/CC/C=C/C(O)C(COP(=O)([O-])OCC[N+](C)(C)C)NC(=O)CCCCCCC. The summed E-state index contributed by atoms with van der Waals surface area (Å²) in [6.07, 6.45) is 22.3. The average molecular weight is 559 g/mol. The highest BCUT2D eigenvalue weighted by atomic mass is 31.2. The van der Waals surface area contributed by atoms with E-state index in [9.17, 15) is 19.4 Å². The molecule has 0 radical (unpaired) electrons. The molecule has 9 heteroatoms. The van der Waals surface area contributed by atoms with Crippen molar-refractivity contribution in [2.45, 2.75) is 103 Å². The van der Waals surface area contributed by atoms with E-state index in [1.165, 1.54) is 6.42 Å². The summed E-state index contributed by atoms with van der Waals surface area (Å²) < 4.78 is 22.8. The molecule has 38 heavy (non-hydrogen) atoms. The van der Waals surface area contributed by atoms with Crippen LogP contribution >= 0.6 is 7.82 Å². The quantitative estimate of drug-likeness (QED) is 0.0708. The van der Waals surface area contributed by atoms with E-state index in [-0.39, 0.29) is 12.5 Å². The molecular formula is C29H55N2O6P. The minimum absolute atomic E-state index is 0.00986. The van der Waals surface area contributed by atoms with Crippen LogP contribution in [0.25, 0.3) is 0 Å². The maximum Gasteiger partial charge on any atom is 0.268 e. The van der Waals surface area contributed by atoms with Crippen LogP contribution in [0.2, 0.25) is 0 Å². The number of quaternary nitrogens is 1. The molecule has 0 fully saturated rings. The standard InChI is InChI=1S/C29H55N2O6P/c1-6-8-10-12-13-14-15-16-17-19-20-22-28(32)27(30-29(33)23-21-18-11-9-7-2)26-37-38(34,35)36-25-24-31(3,4)5/h10,12,15-16,20,22,27-28,32H,6-9,11,13-14,17-19,21,23-26H2,1-5H3,(H-,30,33,34,35)/b12-10+,16-15+,22-20+. The summed E-state index contributed by atoms with van der Waals surface area (Å²) in [6, 6.07) is -0.899. The number of phosphoric acid groups is 1. The van der Waals surface area contributed by atoms with E-state index in [0.717, 1.165) is 64.2 Å². The second kappa shape index (κ2) is 22.5. The van der Waals surface area contributed by atoms with Crippen LogP contribution in [0.3, 0.4) is 0 Å². The minimum atomic E-state index is -4.57. The number of nitrogens with one attached hydrogen (secondary N) is 1. The van der Waals surface area contributed by atoms with E-state index < -0.39 is 26.6 Å². The van der Waals surface area contributed by atoms with Crippen LogP contribution in [-0.2, 0) is 18.4 Å². The Morgan fingerprint density at radius 3 is 2.05 bits per heavy atom. The molecule has 0 rings (SSSR count). The van der Waals surface area contributed by atoms with Crippen molar-refractivity contribution < 1.29 is 32.9 Å². The molecule has 2 N–H and O–H groups in total. The second-order valence-corrected chi connectivity index (χ2v) is 12.1. The van der Waals surface area contributed by atoms with Gasteiger partial charge in [0.1, 0.15) is 13.2 Å². The minimum Gasteiger partial charge on any atom is -0.756 e. The first-order valence-corrected chi connectivity index (χ1v) is 15.8. The fourth-order valence-electron chi connectivity index (χ4n) is 3.42. The molecule has 8 nitrogen and oxygen atoms in total. The molecular weight excluding hydrogens is 503 g/mol. The normalized spacial score (nSPS) is 15.9. The molecule has 0 saturated heterocycles. The lowest BCUT2D eigenvalue weighted by Crippen LogP contribution is -2.45. The molecule has 0 aromatic heterocycles. The summed E-state index contributed by atoms with van der Waals surface area (Å²) in [4.78, 5) is 24.7. The Hall–Kier alpha value is -1.28. The number of amides is 1. The Labute approximate surface area is 232 Å². The van der Waals surface area contributed by atoms with Gasteiger partial charge >= 0.3 is 0 Å². The van der Waals surface area contributed by atoms with Gasteiger partial charge in [0.25, 0.3) is 7.82 Å². The zero-order valence-corrected chi connectivity index (χ0v) is 25.5. The van der Waals surface area contributed by atoms with Gasteiger partial charge in [-0.05, 0) is 38.5 Å². The van der Waals surface area contributed by atoms with Crippen molar-refractivity contribution in [1.82, 2.24) is 5.32 Å². The molecule has 222 valence electrons. The van der Waals surface area contributed by atoms with Gasteiger partial charge in [0, 0.05) is 6.42 Å². The molecule has 0 aliphatic heterocycles. The van der Waals surface area contributed by atoms with Gasteiger partial charge in [-0.3, -0.25) is 9.36 Å². The third-order valence-corrected chi connectivity index (χ3v) is 6.78. The number of unbranched alkanes of at least 4 members (excludes halogenated alkanes) is 7. The Morgan fingerprint density at radius 2 is 1.47 bits per heavy atom. The monoisotopic (exact) mass is 558 g/mol. The maximum atomic E-state index is 12.5. The van der Waals surface area contributed by atoms with Gasteiger partial charge in [0.05, 0.1) is 39.9 Å². The zero-order chi connectivity index (χ0) is 28.7. The third kappa shape index (κ3) is 23.8. The van der Waals surface area contributed by atoms with E-state index in [1.54, 1.807) is 6.08 Å². The largest absolute Gasteiger partial charge is 0.756 e. The molecule has 0 aromatic rings. The fraction of sp³-hybridized carbons (Fsp3) is 0.759. The van der Waals surface area contributed by atoms with Crippen molar-refractivity contribution in [3.8, 4) is 0 Å². The van der Waals surface area contributed by atoms with Crippen LogP contribution in [0.1, 0.15) is 90.9 Å². The third-order valence-electron chi connectivity index (χ3n) is 5.81. The summed E-state index contributed by atoms with van der Waals surface area (Å²) in [5.74, 6) is -0.231. The van der Waals surface area contributed by atoms with E-state index in [2.05, 4.69) is 43.5 Å². The van der Waals surface area contributed by atoms with Crippen LogP contribution in [0, 0.1) is 0 Å². The van der Waals surface area contributed by atoms with Gasteiger partial charge < -0.3 is 28.8 Å². The molecule has 3 unspecified atom stereocenters. The number of aliphatic hydroxyl groups is 1. The molecule has 0 spiro atoms. The van der Waals surface area contributed by atoms with E-state index >= 15 is 0 Å². The number of rotatable bonds is 24. The summed E-state index contributed by atoms with van der Waals surface area (Å²) in [5.41, 5.74) is 0. The number of nitrogens with zero attached hydrogens (tertiary/aromatic N) is 1. The molecule has 0 aromatic carbocycles. The van der Waals surface area contributed by atoms with Crippen LogP contribution in [0.15, 0.2) is 36.5 Å². The Kier molecular flexibility index (Phi) is 21.8. The van der Waals surface area contributed by atoms with Gasteiger partial charge in [0.2, 0.25) is 5.91 Å². The molecule has 0 saturated carbocycles. The number of allylic oxidation sites excluding steroid dienone is 5. The molecule has 0 bridgehead atoms. The Balaban J connectivity index is 4.78. The summed E-state index contributed by atoms with van der Waals surface area (Å²) in [7, 11) is 1.22. The van der Waals surface area contributed by atoms with E-state index in [0.29, 0.717) is 17.4 Å². The molecule has 0 aliphatic rings. The van der Waals surface area contributed by atoms with E-state index in [4.69, 9.17) is 9.05 Å². The summed E-state index contributed by atoms with van der Waals surface area (Å²) in [6.45, 7) is 4.38. The predicted molar refractivity (Wildman–Crippen MR) is 155 cm³/mol. The topological polar surface area (TPSA) is 108 Å². The van der Waals surface area contributed by atoms with Crippen LogP contribution in [-0.4, -0.2) is 68.5 Å². The van der Waals surface area contributed by atoms with Crippen LogP contribution < -0.4 is 10.2 Å². The molecule has 0 aliphatic carbocycles. The number of phosphoric ester groups is 1. The van der Waals surface area contributed by atoms with Crippen molar-refractivity contribution in [2.75, 3.05) is 40.9 Å². The maximum absolute atomic E-state index is 12.5. The van der Waals surface area contributed by atoms with Crippen molar-refractivity contribution in [1.29, 1.82) is 0 Å². The van der Waals surface area contributed by atoms with E-state index in [1.807, 2.05) is 27.2 Å². The van der Waals surface area contributed by atoms with Crippen molar-refractivity contribution in [3.05, 3.63) is 36.5 Å². The first-order chi connectivity index (χ1) is 18.0. The van der Waals surface area contributed by atoms with Gasteiger partial charge in [-0.1, -0.05) is 82.4 Å². The fourth-order valence-corrected chi connectivity index (χ4v) is 4.14. The molecule has 3 atom stereocenters. The number of aliphatic hydroxyl groups excluding tert-OH is 1. The Bertz CT molecular complexity index is 733. The first-order valence-electron chi connectivity index (χ1n) is 14.4.